The molecule has 1 rings (SSSR count). The molecule has 1 aromatic rings. The molecule has 4 heteroatoms. The summed E-state index contributed by atoms with van der Waals surface area (Å²) >= 11 is 0. The Kier molecular flexibility index (Phi) is 1.82. The van der Waals surface area contributed by atoms with Gasteiger partial charge in [0.15, 0.2) is 0 Å². The number of nitrogens with zero attached hydrogens (tertiary/aromatic N) is 2. The second kappa shape index (κ2) is 2.62. The van der Waals surface area contributed by atoms with Crippen LogP contribution in [0.2, 0.25) is 0 Å². The lowest BCUT2D eigenvalue weighted by Gasteiger charge is -2.02. The van der Waals surface area contributed by atoms with Crippen molar-refractivity contribution in [3.63, 3.8) is 0 Å². The zero-order valence-corrected chi connectivity index (χ0v) is 5.78. The van der Waals surface area contributed by atoms with E-state index in [1.165, 1.54) is 0 Å². The predicted octanol–water partition coefficient (Wildman–Crippen LogP) is 0.0785. The molecule has 0 amide bonds. The molecule has 4 nitrogen and oxygen atoms in total. The minimum atomic E-state index is -0.0784. The van der Waals surface area contributed by atoms with Gasteiger partial charge < -0.3 is 11.5 Å². The van der Waals surface area contributed by atoms with E-state index < -0.39 is 0 Å². The first-order chi connectivity index (χ1) is 4.70. The number of aromatic nitrogens is 2. The standard InChI is InChI=1S/C6H10N4/c1-4(7)5-2-3-9-6(8)10-5/h2-4H,7H2,1H3,(H2,8,9,10)/t4-/m0/s1. The van der Waals surface area contributed by atoms with Crippen LogP contribution in [0.3, 0.4) is 0 Å². The molecule has 1 atom stereocenters. The van der Waals surface area contributed by atoms with E-state index in [1.54, 1.807) is 12.3 Å². The molecule has 0 spiro atoms. The van der Waals surface area contributed by atoms with E-state index in [1.807, 2.05) is 6.92 Å². The van der Waals surface area contributed by atoms with Gasteiger partial charge in [-0.2, -0.15) is 0 Å². The highest BCUT2D eigenvalue weighted by molar-refractivity contribution is 5.18. The normalized spacial score (nSPS) is 13.0. The highest BCUT2D eigenvalue weighted by atomic mass is 15.0. The summed E-state index contributed by atoms with van der Waals surface area (Å²) in [7, 11) is 0. The van der Waals surface area contributed by atoms with Crippen LogP contribution in [0.25, 0.3) is 0 Å². The second-order valence-electron chi connectivity index (χ2n) is 2.13. The Balaban J connectivity index is 2.96. The molecule has 1 heterocycles. The Labute approximate surface area is 59.3 Å². The van der Waals surface area contributed by atoms with Gasteiger partial charge in [-0.1, -0.05) is 0 Å². The Morgan fingerprint density at radius 1 is 1.60 bits per heavy atom. The van der Waals surface area contributed by atoms with Crippen molar-refractivity contribution in [3.05, 3.63) is 18.0 Å². The minimum Gasteiger partial charge on any atom is -0.368 e. The number of rotatable bonds is 1. The Hall–Kier alpha value is -1.16. The number of nitrogen functional groups attached to an aromatic ring is 1. The summed E-state index contributed by atoms with van der Waals surface area (Å²) in [5.41, 5.74) is 11.6. The van der Waals surface area contributed by atoms with E-state index >= 15 is 0 Å². The molecular weight excluding hydrogens is 128 g/mol. The third kappa shape index (κ3) is 1.41. The predicted molar refractivity (Wildman–Crippen MR) is 39.0 cm³/mol. The molecule has 0 radical (unpaired) electrons. The van der Waals surface area contributed by atoms with Crippen LogP contribution in [0.5, 0.6) is 0 Å². The number of nitrogens with two attached hydrogens (primary N) is 2. The average Bonchev–Trinajstić information content (AvgIpc) is 1.88. The average molecular weight is 138 g/mol. The van der Waals surface area contributed by atoms with E-state index in [0.29, 0.717) is 0 Å². The van der Waals surface area contributed by atoms with Crippen molar-refractivity contribution in [1.82, 2.24) is 9.97 Å². The molecule has 0 aromatic carbocycles. The molecule has 1 aromatic heterocycles. The maximum absolute atomic E-state index is 5.54. The molecule has 0 aliphatic carbocycles. The highest BCUT2D eigenvalue weighted by Crippen LogP contribution is 2.04. The molecule has 0 bridgehead atoms. The first-order valence-corrected chi connectivity index (χ1v) is 3.04. The van der Waals surface area contributed by atoms with Crippen LogP contribution < -0.4 is 11.5 Å². The Morgan fingerprint density at radius 2 is 2.30 bits per heavy atom. The van der Waals surface area contributed by atoms with Gasteiger partial charge in [-0.15, -0.1) is 0 Å². The van der Waals surface area contributed by atoms with Crippen LogP contribution in [-0.2, 0) is 0 Å². The molecule has 0 fully saturated rings. The van der Waals surface area contributed by atoms with Crippen molar-refractivity contribution in [3.8, 4) is 0 Å². The summed E-state index contributed by atoms with van der Waals surface area (Å²) in [4.78, 5) is 7.65. The SMILES string of the molecule is C[C@H](N)c1ccnc(N)n1. The van der Waals surface area contributed by atoms with Gasteiger partial charge >= 0.3 is 0 Å². The summed E-state index contributed by atoms with van der Waals surface area (Å²) < 4.78 is 0. The van der Waals surface area contributed by atoms with Gasteiger partial charge in [0.1, 0.15) is 0 Å². The fourth-order valence-electron chi connectivity index (χ4n) is 0.642. The molecule has 0 saturated heterocycles. The maximum atomic E-state index is 5.54. The summed E-state index contributed by atoms with van der Waals surface area (Å²) in [6.07, 6.45) is 1.60. The smallest absolute Gasteiger partial charge is 0.220 e. The van der Waals surface area contributed by atoms with Crippen LogP contribution in [-0.4, -0.2) is 9.97 Å². The van der Waals surface area contributed by atoms with Gasteiger partial charge in [0.2, 0.25) is 5.95 Å². The minimum absolute atomic E-state index is 0.0784. The van der Waals surface area contributed by atoms with Crippen LogP contribution in [0.15, 0.2) is 12.3 Å². The lowest BCUT2D eigenvalue weighted by molar-refractivity contribution is 0.777. The van der Waals surface area contributed by atoms with Gasteiger partial charge in [0.25, 0.3) is 0 Å². The van der Waals surface area contributed by atoms with Gasteiger partial charge in [-0.25, -0.2) is 9.97 Å². The zero-order valence-electron chi connectivity index (χ0n) is 5.78. The molecule has 10 heavy (non-hydrogen) atoms. The van der Waals surface area contributed by atoms with Gasteiger partial charge in [-0.3, -0.25) is 0 Å². The van der Waals surface area contributed by atoms with Gasteiger partial charge in [0.05, 0.1) is 5.69 Å². The van der Waals surface area contributed by atoms with E-state index in [-0.39, 0.29) is 12.0 Å². The van der Waals surface area contributed by atoms with Crippen LogP contribution >= 0.6 is 0 Å². The van der Waals surface area contributed by atoms with E-state index in [2.05, 4.69) is 9.97 Å². The summed E-state index contributed by atoms with van der Waals surface area (Å²) in [5.74, 6) is 0.273. The third-order valence-corrected chi connectivity index (χ3v) is 1.16. The third-order valence-electron chi connectivity index (χ3n) is 1.16. The van der Waals surface area contributed by atoms with Crippen molar-refractivity contribution < 1.29 is 0 Å². The molecule has 0 unspecified atom stereocenters. The van der Waals surface area contributed by atoms with Crippen LogP contribution in [0.1, 0.15) is 18.7 Å². The van der Waals surface area contributed by atoms with Crippen molar-refractivity contribution in [1.29, 1.82) is 0 Å². The van der Waals surface area contributed by atoms with E-state index in [4.69, 9.17) is 11.5 Å². The quantitative estimate of drug-likeness (QED) is 0.576. The molecule has 54 valence electrons. The van der Waals surface area contributed by atoms with Crippen molar-refractivity contribution in [2.24, 2.45) is 5.73 Å². The Bertz CT molecular complexity index is 221. The monoisotopic (exact) mass is 138 g/mol. The number of anilines is 1. The topological polar surface area (TPSA) is 77.8 Å². The fourth-order valence-corrected chi connectivity index (χ4v) is 0.642. The molecule has 0 aliphatic rings. The maximum Gasteiger partial charge on any atom is 0.220 e. The van der Waals surface area contributed by atoms with Crippen molar-refractivity contribution in [2.45, 2.75) is 13.0 Å². The number of hydrogen-bond donors (Lipinski definition) is 2. The zero-order chi connectivity index (χ0) is 7.56. The summed E-state index contributed by atoms with van der Waals surface area (Å²) in [5, 5.41) is 0. The second-order valence-corrected chi connectivity index (χ2v) is 2.13. The van der Waals surface area contributed by atoms with Crippen molar-refractivity contribution in [2.75, 3.05) is 5.73 Å². The Morgan fingerprint density at radius 3 is 2.70 bits per heavy atom. The van der Waals surface area contributed by atoms with Crippen LogP contribution in [0, 0.1) is 0 Å². The molecule has 4 N–H and O–H groups in total. The molecular formula is C6H10N4. The first kappa shape index (κ1) is 6.95. The van der Waals surface area contributed by atoms with Crippen LogP contribution in [0.4, 0.5) is 5.95 Å². The summed E-state index contributed by atoms with van der Waals surface area (Å²) in [6, 6.07) is 1.67. The number of hydrogen-bond acceptors (Lipinski definition) is 4. The van der Waals surface area contributed by atoms with Gasteiger partial charge in [0, 0.05) is 12.2 Å². The van der Waals surface area contributed by atoms with Crippen molar-refractivity contribution >= 4 is 5.95 Å². The molecule has 0 aliphatic heterocycles. The summed E-state index contributed by atoms with van der Waals surface area (Å²) in [6.45, 7) is 1.85. The fraction of sp³-hybridized carbons (Fsp3) is 0.333. The highest BCUT2D eigenvalue weighted by Gasteiger charge is 1.99. The molecule has 0 saturated carbocycles. The lowest BCUT2D eigenvalue weighted by atomic mass is 10.2. The largest absolute Gasteiger partial charge is 0.368 e. The van der Waals surface area contributed by atoms with E-state index in [0.717, 1.165) is 5.69 Å². The lowest BCUT2D eigenvalue weighted by Crippen LogP contribution is -2.08. The van der Waals surface area contributed by atoms with Gasteiger partial charge in [-0.05, 0) is 13.0 Å². The van der Waals surface area contributed by atoms with E-state index in [9.17, 15) is 0 Å². The first-order valence-electron chi connectivity index (χ1n) is 3.04.